The van der Waals surface area contributed by atoms with Crippen molar-refractivity contribution in [1.82, 2.24) is 9.88 Å². The van der Waals surface area contributed by atoms with Crippen LogP contribution in [0.25, 0.3) is 16.5 Å². The zero-order valence-corrected chi connectivity index (χ0v) is 21.0. The summed E-state index contributed by atoms with van der Waals surface area (Å²) in [6, 6.07) is 7.02. The molecule has 2 nitrogen and oxygen atoms in total. The number of rotatable bonds is 9. The highest BCUT2D eigenvalue weighted by molar-refractivity contribution is 6.19. The van der Waals surface area contributed by atoms with Crippen molar-refractivity contribution < 1.29 is 0 Å². The van der Waals surface area contributed by atoms with Crippen LogP contribution in [0.5, 0.6) is 0 Å². The number of allylic oxidation sites excluding steroid dienone is 6. The lowest BCUT2D eigenvalue weighted by molar-refractivity contribution is 0.265. The van der Waals surface area contributed by atoms with E-state index in [1.165, 1.54) is 33.3 Å². The van der Waals surface area contributed by atoms with Crippen molar-refractivity contribution in [3.8, 4) is 0 Å². The summed E-state index contributed by atoms with van der Waals surface area (Å²) in [5.41, 5.74) is 7.54. The van der Waals surface area contributed by atoms with Crippen LogP contribution in [-0.4, -0.2) is 28.9 Å². The Balaban J connectivity index is 1.97. The first-order chi connectivity index (χ1) is 15.4. The normalized spacial score (nSPS) is 16.9. The minimum atomic E-state index is 0.424. The Morgan fingerprint density at radius 1 is 1.25 bits per heavy atom. The van der Waals surface area contributed by atoms with Gasteiger partial charge in [-0.1, -0.05) is 77.6 Å². The summed E-state index contributed by atoms with van der Waals surface area (Å²) >= 11 is 5.99. The molecule has 0 spiro atoms. The van der Waals surface area contributed by atoms with Crippen molar-refractivity contribution in [3.05, 3.63) is 78.2 Å². The molecule has 1 aliphatic heterocycles. The minimum absolute atomic E-state index is 0.424. The Labute approximate surface area is 199 Å². The van der Waals surface area contributed by atoms with E-state index in [-0.39, 0.29) is 0 Å². The molecule has 0 bridgehead atoms. The van der Waals surface area contributed by atoms with E-state index in [4.69, 9.17) is 11.6 Å². The molecule has 1 saturated heterocycles. The molecule has 0 aliphatic carbocycles. The van der Waals surface area contributed by atoms with Gasteiger partial charge in [0.15, 0.2) is 0 Å². The molecule has 2 aromatic rings. The molecule has 1 unspecified atom stereocenters. The van der Waals surface area contributed by atoms with Crippen LogP contribution in [-0.2, 0) is 0 Å². The van der Waals surface area contributed by atoms with Crippen LogP contribution >= 0.6 is 11.6 Å². The number of likely N-dealkylation sites (tertiary alicyclic amines) is 1. The Hall–Kier alpha value is -2.19. The maximum absolute atomic E-state index is 5.99. The number of alkyl halides is 1. The maximum atomic E-state index is 5.99. The molecule has 2 heterocycles. The van der Waals surface area contributed by atoms with E-state index in [2.05, 4.69) is 87.2 Å². The van der Waals surface area contributed by atoms with E-state index in [9.17, 15) is 0 Å². The molecule has 32 heavy (non-hydrogen) atoms. The van der Waals surface area contributed by atoms with Gasteiger partial charge in [0.25, 0.3) is 0 Å². The minimum Gasteiger partial charge on any atom is -0.374 e. The number of aromatic amines is 1. The number of H-pyrrole nitrogens is 1. The van der Waals surface area contributed by atoms with Crippen LogP contribution in [0.15, 0.2) is 61.4 Å². The highest BCUT2D eigenvalue weighted by atomic mass is 35.5. The summed E-state index contributed by atoms with van der Waals surface area (Å²) in [6.07, 6.45) is 12.0. The van der Waals surface area contributed by atoms with Gasteiger partial charge in [-0.05, 0) is 59.4 Å². The lowest BCUT2D eigenvalue weighted by atomic mass is 9.87. The van der Waals surface area contributed by atoms with Crippen LogP contribution < -0.4 is 0 Å². The zero-order valence-electron chi connectivity index (χ0n) is 20.3. The molecule has 0 amide bonds. The third-order valence-electron chi connectivity index (χ3n) is 6.84. The van der Waals surface area contributed by atoms with Gasteiger partial charge in [-0.15, -0.1) is 11.6 Å². The Morgan fingerprint density at radius 3 is 2.56 bits per heavy atom. The predicted octanol–water partition coefficient (Wildman–Crippen LogP) is 8.39. The van der Waals surface area contributed by atoms with Crippen molar-refractivity contribution in [1.29, 1.82) is 0 Å². The highest BCUT2D eigenvalue weighted by Crippen LogP contribution is 2.37. The number of piperidine rings is 1. The summed E-state index contributed by atoms with van der Waals surface area (Å²) in [5.74, 6) is 2.09. The monoisotopic (exact) mass is 450 g/mol. The number of fused-ring (bicyclic) bond motifs is 1. The van der Waals surface area contributed by atoms with Gasteiger partial charge >= 0.3 is 0 Å². The number of aromatic nitrogens is 1. The zero-order chi connectivity index (χ0) is 23.3. The lowest BCUT2D eigenvalue weighted by Crippen LogP contribution is -2.32. The van der Waals surface area contributed by atoms with Gasteiger partial charge in [0.2, 0.25) is 0 Å². The predicted molar refractivity (Wildman–Crippen MR) is 143 cm³/mol. The largest absolute Gasteiger partial charge is 0.374 e. The molecule has 0 saturated carbocycles. The Kier molecular flexibility index (Phi) is 8.48. The van der Waals surface area contributed by atoms with Gasteiger partial charge in [0.05, 0.1) is 5.88 Å². The van der Waals surface area contributed by atoms with Gasteiger partial charge < -0.3 is 9.88 Å². The van der Waals surface area contributed by atoms with Gasteiger partial charge in [0.1, 0.15) is 0 Å². The topological polar surface area (TPSA) is 19.0 Å². The molecule has 1 N–H and O–H groups in total. The molecule has 1 aliphatic rings. The van der Waals surface area contributed by atoms with E-state index in [1.807, 2.05) is 6.08 Å². The van der Waals surface area contributed by atoms with Crippen LogP contribution in [0.4, 0.5) is 0 Å². The quantitative estimate of drug-likeness (QED) is 0.300. The van der Waals surface area contributed by atoms with Gasteiger partial charge in [-0.3, -0.25) is 0 Å². The number of hydrogen-bond acceptors (Lipinski definition) is 1. The molecular formula is C29H39ClN2. The van der Waals surface area contributed by atoms with E-state index < -0.39 is 0 Å². The van der Waals surface area contributed by atoms with Crippen molar-refractivity contribution in [2.45, 2.75) is 58.8 Å². The van der Waals surface area contributed by atoms with Crippen molar-refractivity contribution in [2.24, 2.45) is 5.92 Å². The third-order valence-corrected chi connectivity index (χ3v) is 7.15. The van der Waals surface area contributed by atoms with Crippen LogP contribution in [0, 0.1) is 5.92 Å². The SMILES string of the molecule is C=C/C=C(\C=C/C(C)CC)c1[nH]c2ccc(C3CCN(C(=C)CCl)CC3)cc2c1C(C)C. The molecule has 1 aromatic carbocycles. The average Bonchev–Trinajstić information content (AvgIpc) is 3.19. The fourth-order valence-electron chi connectivity index (χ4n) is 4.68. The van der Waals surface area contributed by atoms with Crippen LogP contribution in [0.3, 0.4) is 0 Å². The average molecular weight is 451 g/mol. The summed E-state index contributed by atoms with van der Waals surface area (Å²) in [6.45, 7) is 19.2. The third kappa shape index (κ3) is 5.41. The first-order valence-electron chi connectivity index (χ1n) is 12.0. The summed E-state index contributed by atoms with van der Waals surface area (Å²) in [5, 5.41) is 1.35. The van der Waals surface area contributed by atoms with Crippen molar-refractivity contribution >= 4 is 28.1 Å². The molecule has 1 atom stereocenters. The van der Waals surface area contributed by atoms with Crippen LogP contribution in [0.2, 0.25) is 0 Å². The first-order valence-corrected chi connectivity index (χ1v) is 12.6. The number of nitrogens with one attached hydrogen (secondary N) is 1. The number of halogens is 1. The van der Waals surface area contributed by atoms with Crippen molar-refractivity contribution in [3.63, 3.8) is 0 Å². The number of hydrogen-bond donors (Lipinski definition) is 1. The van der Waals surface area contributed by atoms with E-state index >= 15 is 0 Å². The Bertz CT molecular complexity index is 1000. The van der Waals surface area contributed by atoms with Crippen molar-refractivity contribution in [2.75, 3.05) is 19.0 Å². The lowest BCUT2D eigenvalue weighted by Gasteiger charge is -2.34. The Morgan fingerprint density at radius 2 is 1.97 bits per heavy atom. The summed E-state index contributed by atoms with van der Waals surface area (Å²) < 4.78 is 0. The number of benzene rings is 1. The molecule has 1 fully saturated rings. The molecule has 3 heteroatoms. The molecule has 3 rings (SSSR count). The second-order valence-electron chi connectivity index (χ2n) is 9.44. The summed E-state index contributed by atoms with van der Waals surface area (Å²) in [4.78, 5) is 6.07. The molecule has 0 radical (unpaired) electrons. The van der Waals surface area contributed by atoms with E-state index in [1.54, 1.807) is 0 Å². The fourth-order valence-corrected chi connectivity index (χ4v) is 4.85. The standard InChI is InChI=1S/C29H39ClN2/c1-7-9-24(11-10-21(5)8-2)29-28(20(3)4)26-18-25(12-13-27(26)31-29)23-14-16-32(17-15-23)22(6)19-30/h7,9-13,18,20-21,23,31H,1,6,8,14-17,19H2,2-5H3/b11-10-,24-9+. The second kappa shape index (κ2) is 11.1. The summed E-state index contributed by atoms with van der Waals surface area (Å²) in [7, 11) is 0. The fraction of sp³-hybridized carbons (Fsp3) is 0.448. The molecular weight excluding hydrogens is 412 g/mol. The smallest absolute Gasteiger partial charge is 0.0617 e. The van der Waals surface area contributed by atoms with Gasteiger partial charge in [0, 0.05) is 35.4 Å². The second-order valence-corrected chi connectivity index (χ2v) is 9.70. The van der Waals surface area contributed by atoms with E-state index in [0.717, 1.165) is 38.0 Å². The van der Waals surface area contributed by atoms with Gasteiger partial charge in [-0.2, -0.15) is 0 Å². The van der Waals surface area contributed by atoms with Gasteiger partial charge in [-0.25, -0.2) is 0 Å². The van der Waals surface area contributed by atoms with Crippen LogP contribution in [0.1, 0.15) is 75.6 Å². The van der Waals surface area contributed by atoms with E-state index in [0.29, 0.717) is 23.6 Å². The molecule has 1 aromatic heterocycles. The first kappa shape index (κ1) is 24.5. The highest BCUT2D eigenvalue weighted by Gasteiger charge is 2.23. The molecule has 172 valence electrons. The number of nitrogens with zero attached hydrogens (tertiary/aromatic N) is 1. The maximum Gasteiger partial charge on any atom is 0.0617 e.